The normalized spacial score (nSPS) is 17.1. The number of rotatable bonds is 13. The summed E-state index contributed by atoms with van der Waals surface area (Å²) in [6.45, 7) is 16.7. The predicted molar refractivity (Wildman–Crippen MR) is 376 cm³/mol. The van der Waals surface area contributed by atoms with E-state index in [2.05, 4.69) is 52.9 Å². The average Bonchev–Trinajstić information content (AvgIpc) is 1.99. The molecule has 1 atom stereocenters. The Morgan fingerprint density at radius 3 is 1.29 bits per heavy atom. The molecule has 9 heterocycles. The highest BCUT2D eigenvalue weighted by Gasteiger charge is 2.36. The van der Waals surface area contributed by atoms with E-state index in [1.807, 2.05) is 41.5 Å². The van der Waals surface area contributed by atoms with Crippen molar-refractivity contribution in [2.45, 2.75) is 203 Å². The van der Waals surface area contributed by atoms with E-state index in [0.717, 1.165) is 104 Å². The van der Waals surface area contributed by atoms with Gasteiger partial charge < -0.3 is 43.8 Å². The number of thiazole rings is 4. The zero-order chi connectivity index (χ0) is 69.0. The number of likely N-dealkylation sites (tertiary alicyclic amines) is 1. The van der Waals surface area contributed by atoms with Crippen LogP contribution >= 0.6 is 69.2 Å². The van der Waals surface area contributed by atoms with Gasteiger partial charge in [-0.25, -0.2) is 44.6 Å². The standard InChI is InChI=1S/C15H22BNO4S.C11H16BNO2S.C11H20BNO2S.C10H14BNO2S.C10H15N3O2S.C4H5ClO3/c1-15(2,3)21-14(19)16-7-5-10(6-8-16)12-17-9-11(22-12)13(18)20-4;1-12-5-3-8(4-6-12)10-13-7-9(16-10)11(14)15-2;1-11(2,3)15-10(14)12-6-4-8(5-7-12)9(13)16;1-14-10(13)8-6-12-9(15-8)7-2-4-11-5-3-7;1-13-4-2-7(3-5-13)10-11-6-8(16-10)9(14)12-15;1-8-4(7)3(5)2-6/h9-10H,5-8H2,1-4H3;7-8H,3-6H2,1-2H3;8H,4-7H2,1-3H3,(H2,13,16);6-7,11H,2-5H2,1H3;6-7,15H,2-5H2,1H3,(H,12,14);2-3H,1H3. The van der Waals surface area contributed by atoms with E-state index in [4.69, 9.17) is 49.0 Å². The van der Waals surface area contributed by atoms with E-state index in [1.54, 1.807) is 24.1 Å². The van der Waals surface area contributed by atoms with E-state index in [0.29, 0.717) is 60.4 Å². The first kappa shape index (κ1) is 80.3. The van der Waals surface area contributed by atoms with E-state index in [-0.39, 0.29) is 43.1 Å². The Balaban J connectivity index is 0.000000242. The van der Waals surface area contributed by atoms with Gasteiger partial charge in [-0.1, -0.05) is 108 Å². The van der Waals surface area contributed by atoms with Gasteiger partial charge in [0.25, 0.3) is 31.1 Å². The minimum atomic E-state index is -1.15. The van der Waals surface area contributed by atoms with Crippen LogP contribution in [0.25, 0.3) is 0 Å². The number of nitrogens with two attached hydrogens (primary N) is 1. The highest BCUT2D eigenvalue weighted by atomic mass is 35.5. The molecule has 22 nitrogen and oxygen atoms in total. The zero-order valence-corrected chi connectivity index (χ0v) is 60.7. The quantitative estimate of drug-likeness (QED) is 0.0129. The molecule has 9 rings (SSSR count). The zero-order valence-electron chi connectivity index (χ0n) is 55.8. The maximum absolute atomic E-state index is 12.1. The second-order valence-electron chi connectivity index (χ2n) is 25.7. The van der Waals surface area contributed by atoms with Crippen LogP contribution in [0.4, 0.5) is 9.59 Å². The molecule has 4 aromatic rings. The second kappa shape index (κ2) is 40.4. The van der Waals surface area contributed by atoms with Crippen LogP contribution in [0.2, 0.25) is 57.4 Å². The Morgan fingerprint density at radius 2 is 0.957 bits per heavy atom. The Kier molecular flexibility index (Phi) is 34.9. The molecule has 0 aliphatic carbocycles. The Morgan fingerprint density at radius 1 is 0.613 bits per heavy atom. The lowest BCUT2D eigenvalue weighted by Gasteiger charge is -2.27. The first-order valence-electron chi connectivity index (χ1n) is 31.7. The minimum absolute atomic E-state index is 0.0180. The number of methoxy groups -OCH3 is 4. The number of alkyl halides is 1. The molecule has 1 unspecified atom stereocenters. The number of aldehydes is 1. The molecular formula is C61H92B4ClN7O15S5. The molecule has 4 N–H and O–H groups in total. The van der Waals surface area contributed by atoms with Gasteiger partial charge in [0.2, 0.25) is 0 Å². The number of hydroxylamine groups is 1. The summed E-state index contributed by atoms with van der Waals surface area (Å²) < 4.78 is 29.0. The van der Waals surface area contributed by atoms with Crippen LogP contribution in [0.15, 0.2) is 24.8 Å². The van der Waals surface area contributed by atoms with Crippen molar-refractivity contribution >= 4 is 149 Å². The number of carbonyl (C=O) groups excluding carboxylic acids is 8. The van der Waals surface area contributed by atoms with Gasteiger partial charge in [-0.15, -0.1) is 56.9 Å². The van der Waals surface area contributed by atoms with Crippen molar-refractivity contribution in [2.75, 3.05) is 48.6 Å². The Labute approximate surface area is 575 Å². The fraction of sp³-hybridized carbons (Fsp3) is 0.656. The molecule has 0 radical (unpaired) electrons. The summed E-state index contributed by atoms with van der Waals surface area (Å²) in [5.74, 6) is -0.0276. The fourth-order valence-electron chi connectivity index (χ4n) is 10.9. The smallest absolute Gasteiger partial charge is 0.349 e. The van der Waals surface area contributed by atoms with Crippen LogP contribution in [-0.4, -0.2) is 175 Å². The van der Waals surface area contributed by atoms with E-state index in [9.17, 15) is 38.4 Å². The number of hydrogen-bond acceptors (Lipinski definition) is 25. The van der Waals surface area contributed by atoms with E-state index < -0.39 is 28.5 Å². The molecule has 0 saturated carbocycles. The summed E-state index contributed by atoms with van der Waals surface area (Å²) >= 11 is 15.8. The number of ether oxygens (including phenoxy) is 6. The van der Waals surface area contributed by atoms with Gasteiger partial charge in [-0.2, -0.15) is 0 Å². The number of aromatic nitrogens is 4. The van der Waals surface area contributed by atoms with Gasteiger partial charge in [0.05, 0.1) is 78.2 Å². The average molecular weight is 1400 g/mol. The van der Waals surface area contributed by atoms with Gasteiger partial charge in [0.1, 0.15) is 51.0 Å². The summed E-state index contributed by atoms with van der Waals surface area (Å²) in [6.07, 6.45) is 25.8. The van der Waals surface area contributed by atoms with Crippen LogP contribution in [0.1, 0.15) is 188 Å². The first-order chi connectivity index (χ1) is 44.0. The molecule has 93 heavy (non-hydrogen) atoms. The number of carbonyl (C=O) groups is 8. The maximum Gasteiger partial charge on any atom is 0.349 e. The number of halogens is 1. The molecule has 5 aliphatic rings. The fourth-order valence-corrected chi connectivity index (χ4v) is 15.2. The van der Waals surface area contributed by atoms with E-state index >= 15 is 0 Å². The number of hydrogen-bond donors (Lipinski definition) is 3. The molecule has 0 aromatic carbocycles. The van der Waals surface area contributed by atoms with Crippen LogP contribution in [0.5, 0.6) is 0 Å². The number of nitrogens with one attached hydrogen (secondary N) is 1. The van der Waals surface area contributed by atoms with Gasteiger partial charge in [-0.3, -0.25) is 19.6 Å². The van der Waals surface area contributed by atoms with Gasteiger partial charge in [0.15, 0.2) is 5.38 Å². The lowest BCUT2D eigenvalue weighted by molar-refractivity contribution is -0.141. The molecule has 5 fully saturated rings. The van der Waals surface area contributed by atoms with Crippen molar-refractivity contribution < 1.29 is 72.0 Å². The van der Waals surface area contributed by atoms with Crippen LogP contribution < -0.4 is 11.2 Å². The molecular weight excluding hydrogens is 1310 g/mol. The molecule has 5 saturated heterocycles. The third-order valence-electron chi connectivity index (χ3n) is 16.2. The summed E-state index contributed by atoms with van der Waals surface area (Å²) in [5.41, 5.74) is 6.41. The van der Waals surface area contributed by atoms with Crippen molar-refractivity contribution in [3.8, 4) is 0 Å². The van der Waals surface area contributed by atoms with Gasteiger partial charge in [-0.05, 0) is 87.4 Å². The topological polar surface area (TPSA) is 305 Å². The van der Waals surface area contributed by atoms with Crippen molar-refractivity contribution in [1.29, 1.82) is 0 Å². The highest BCUT2D eigenvalue weighted by Crippen LogP contribution is 2.39. The minimum Gasteiger partial charge on any atom is -0.468 e. The molecule has 5 aliphatic heterocycles. The third kappa shape index (κ3) is 28.2. The second-order valence-corrected chi connectivity index (χ2v) is 30.9. The maximum atomic E-state index is 12.1. The van der Waals surface area contributed by atoms with Crippen molar-refractivity contribution in [2.24, 2.45) is 11.7 Å². The third-order valence-corrected chi connectivity index (χ3v) is 21.4. The Bertz CT molecular complexity index is 2940. The molecule has 0 bridgehead atoms. The molecule has 4 aromatic heterocycles. The van der Waals surface area contributed by atoms with Crippen molar-refractivity contribution in [3.05, 3.63) is 64.3 Å². The lowest BCUT2D eigenvalue weighted by atomic mass is 9.40. The first-order valence-corrected chi connectivity index (χ1v) is 35.8. The van der Waals surface area contributed by atoms with Gasteiger partial charge in [0, 0.05) is 29.6 Å². The van der Waals surface area contributed by atoms with Crippen LogP contribution in [-0.2, 0) is 38.0 Å². The largest absolute Gasteiger partial charge is 0.468 e. The summed E-state index contributed by atoms with van der Waals surface area (Å²) in [6, 6.07) is 0. The summed E-state index contributed by atoms with van der Waals surface area (Å²) in [5, 5.41) is 11.5. The number of esters is 4. The number of piperidine rings is 1. The molecule has 1 amide bonds. The number of thiocarbonyl (C=S) groups is 1. The monoisotopic (exact) mass is 1400 g/mol. The van der Waals surface area contributed by atoms with E-state index in [1.165, 1.54) is 138 Å². The molecule has 510 valence electrons. The summed E-state index contributed by atoms with van der Waals surface area (Å²) in [4.78, 5) is 111. The highest BCUT2D eigenvalue weighted by molar-refractivity contribution is 7.80. The number of amides is 1. The predicted octanol–water partition coefficient (Wildman–Crippen LogP) is 12.6. The van der Waals surface area contributed by atoms with Gasteiger partial charge >= 0.3 is 23.9 Å². The van der Waals surface area contributed by atoms with Crippen LogP contribution in [0.3, 0.4) is 0 Å². The molecule has 32 heteroatoms. The lowest BCUT2D eigenvalue weighted by Crippen LogP contribution is -2.38. The Hall–Kier alpha value is -5.16. The number of nitrogens with zero attached hydrogens (tertiary/aromatic N) is 5. The molecule has 0 spiro atoms. The SMILES string of the molecule is CC(C)(C)OC(=O)B1CCC(C(N)=S)CC1.CN1CCC(c2ncc(C(=O)NO)s2)CC1.COC(=O)C(Cl)C=O.COC(=O)c1cnc(C2CCB(C(=O)OC(C)(C)C)CC2)s1.COC(=O)c1cnc(C2CCB(C)CC2)s1.COC(=O)c1cnc(C2CCBCC2)s1. The van der Waals surface area contributed by atoms with Crippen molar-refractivity contribution in [1.82, 2.24) is 30.3 Å². The van der Waals surface area contributed by atoms with Crippen molar-refractivity contribution in [3.63, 3.8) is 0 Å². The van der Waals surface area contributed by atoms with Crippen LogP contribution in [0, 0.1) is 5.92 Å². The summed E-state index contributed by atoms with van der Waals surface area (Å²) in [7, 11) is 8.80.